The van der Waals surface area contributed by atoms with E-state index >= 15 is 0 Å². The lowest BCUT2D eigenvalue weighted by Crippen LogP contribution is -2.50. The van der Waals surface area contributed by atoms with Gasteiger partial charge in [-0.25, -0.2) is 9.37 Å². The molecular formula is C22H21FN4O3. The second kappa shape index (κ2) is 8.06. The Morgan fingerprint density at radius 3 is 2.50 bits per heavy atom. The van der Waals surface area contributed by atoms with Crippen molar-refractivity contribution in [1.29, 1.82) is 0 Å². The molecule has 0 unspecified atom stereocenters. The van der Waals surface area contributed by atoms with Crippen molar-refractivity contribution in [2.24, 2.45) is 0 Å². The number of rotatable bonds is 4. The lowest BCUT2D eigenvalue weighted by Gasteiger charge is -2.36. The average Bonchev–Trinajstić information content (AvgIpc) is 2.76. The topological polar surface area (TPSA) is 75.5 Å². The van der Waals surface area contributed by atoms with Crippen LogP contribution in [0.4, 0.5) is 10.1 Å². The van der Waals surface area contributed by atoms with Crippen LogP contribution in [0.2, 0.25) is 0 Å². The number of benzene rings is 2. The first-order valence-corrected chi connectivity index (χ1v) is 9.71. The van der Waals surface area contributed by atoms with Gasteiger partial charge in [0.05, 0.1) is 22.9 Å². The highest BCUT2D eigenvalue weighted by molar-refractivity contribution is 5.94. The molecule has 8 heteroatoms. The van der Waals surface area contributed by atoms with Gasteiger partial charge in [0.1, 0.15) is 12.4 Å². The van der Waals surface area contributed by atoms with E-state index in [1.54, 1.807) is 41.3 Å². The molecule has 2 heterocycles. The zero-order chi connectivity index (χ0) is 21.3. The fourth-order valence-electron chi connectivity index (χ4n) is 3.64. The number of aromatic nitrogens is 2. The first-order valence-electron chi connectivity index (χ1n) is 9.71. The lowest BCUT2D eigenvalue weighted by atomic mass is 10.1. The van der Waals surface area contributed by atoms with E-state index in [9.17, 15) is 18.8 Å². The summed E-state index contributed by atoms with van der Waals surface area (Å²) in [6.07, 6.45) is 1.39. The van der Waals surface area contributed by atoms with Crippen LogP contribution in [0.15, 0.2) is 53.6 Å². The summed E-state index contributed by atoms with van der Waals surface area (Å²) >= 11 is 0. The van der Waals surface area contributed by atoms with E-state index < -0.39 is 5.82 Å². The minimum absolute atomic E-state index is 0.0850. The molecule has 3 aromatic rings. The van der Waals surface area contributed by atoms with Crippen LogP contribution in [0.5, 0.6) is 0 Å². The SMILES string of the molecule is CC(=O)c1ccc(N2CCN(C(=O)Cn3cnc4ccccc4c3=O)CC2)c(F)c1. The molecule has 0 N–H and O–H groups in total. The Morgan fingerprint density at radius 1 is 1.07 bits per heavy atom. The second-order valence-electron chi connectivity index (χ2n) is 7.28. The van der Waals surface area contributed by atoms with Crippen LogP contribution in [-0.2, 0) is 11.3 Å². The van der Waals surface area contributed by atoms with E-state index in [1.165, 1.54) is 23.9 Å². The Kier molecular flexibility index (Phi) is 5.31. The maximum atomic E-state index is 14.4. The number of halogens is 1. The van der Waals surface area contributed by atoms with Crippen molar-refractivity contribution in [3.63, 3.8) is 0 Å². The molecule has 1 amide bonds. The molecule has 0 aliphatic carbocycles. The number of Topliss-reactive ketones (excluding diaryl/α,β-unsaturated/α-hetero) is 1. The van der Waals surface area contributed by atoms with Crippen molar-refractivity contribution < 1.29 is 14.0 Å². The number of hydrogen-bond acceptors (Lipinski definition) is 5. The molecule has 30 heavy (non-hydrogen) atoms. The molecule has 1 fully saturated rings. The number of para-hydroxylation sites is 1. The molecule has 7 nitrogen and oxygen atoms in total. The number of hydrogen-bond donors (Lipinski definition) is 0. The van der Waals surface area contributed by atoms with Crippen LogP contribution in [-0.4, -0.2) is 52.3 Å². The summed E-state index contributed by atoms with van der Waals surface area (Å²) in [5.41, 5.74) is 1.10. The zero-order valence-electron chi connectivity index (χ0n) is 16.5. The van der Waals surface area contributed by atoms with Crippen LogP contribution in [0, 0.1) is 5.82 Å². The van der Waals surface area contributed by atoms with Gasteiger partial charge in [-0.3, -0.25) is 19.0 Å². The van der Waals surface area contributed by atoms with E-state index in [2.05, 4.69) is 4.98 Å². The Labute approximate surface area is 172 Å². The molecule has 4 rings (SSSR count). The third kappa shape index (κ3) is 3.80. The van der Waals surface area contributed by atoms with Crippen molar-refractivity contribution >= 4 is 28.3 Å². The van der Waals surface area contributed by atoms with Gasteiger partial charge in [0.15, 0.2) is 5.78 Å². The highest BCUT2D eigenvalue weighted by Crippen LogP contribution is 2.22. The fraction of sp³-hybridized carbons (Fsp3) is 0.273. The Balaban J connectivity index is 1.42. The largest absolute Gasteiger partial charge is 0.366 e. The summed E-state index contributed by atoms with van der Waals surface area (Å²) in [7, 11) is 0. The average molecular weight is 408 g/mol. The minimum Gasteiger partial charge on any atom is -0.366 e. The molecule has 0 radical (unpaired) electrons. The summed E-state index contributed by atoms with van der Waals surface area (Å²) in [5, 5.41) is 0.474. The van der Waals surface area contributed by atoms with Crippen LogP contribution >= 0.6 is 0 Å². The van der Waals surface area contributed by atoms with Gasteiger partial charge < -0.3 is 9.80 Å². The fourth-order valence-corrected chi connectivity index (χ4v) is 3.64. The molecule has 154 valence electrons. The highest BCUT2D eigenvalue weighted by Gasteiger charge is 2.23. The maximum Gasteiger partial charge on any atom is 0.261 e. The van der Waals surface area contributed by atoms with Crippen molar-refractivity contribution in [1.82, 2.24) is 14.5 Å². The van der Waals surface area contributed by atoms with Gasteiger partial charge in [-0.2, -0.15) is 0 Å². The van der Waals surface area contributed by atoms with Crippen LogP contribution < -0.4 is 10.5 Å². The monoisotopic (exact) mass is 408 g/mol. The molecule has 1 saturated heterocycles. The number of amides is 1. The third-order valence-corrected chi connectivity index (χ3v) is 5.36. The number of ketones is 1. The number of piperazine rings is 1. The predicted octanol–water partition coefficient (Wildman–Crippen LogP) is 2.09. The van der Waals surface area contributed by atoms with Crippen molar-refractivity contribution in [3.8, 4) is 0 Å². The number of carbonyl (C=O) groups is 2. The molecule has 0 bridgehead atoms. The number of nitrogens with zero attached hydrogens (tertiary/aromatic N) is 4. The van der Waals surface area contributed by atoms with E-state index in [-0.39, 0.29) is 23.8 Å². The van der Waals surface area contributed by atoms with Gasteiger partial charge in [0.2, 0.25) is 5.91 Å². The smallest absolute Gasteiger partial charge is 0.261 e. The Hall–Kier alpha value is -3.55. The zero-order valence-corrected chi connectivity index (χ0v) is 16.5. The van der Waals surface area contributed by atoms with Crippen molar-refractivity contribution in [3.05, 3.63) is 70.5 Å². The molecule has 1 aliphatic heterocycles. The highest BCUT2D eigenvalue weighted by atomic mass is 19.1. The van der Waals surface area contributed by atoms with Gasteiger partial charge >= 0.3 is 0 Å². The van der Waals surface area contributed by atoms with Crippen molar-refractivity contribution in [2.45, 2.75) is 13.5 Å². The summed E-state index contributed by atoms with van der Waals surface area (Å²) in [6.45, 7) is 3.08. The van der Waals surface area contributed by atoms with Crippen LogP contribution in [0.25, 0.3) is 10.9 Å². The molecule has 1 aliphatic rings. The Morgan fingerprint density at radius 2 is 1.80 bits per heavy atom. The summed E-state index contributed by atoms with van der Waals surface area (Å²) in [6, 6.07) is 11.5. The molecule has 0 spiro atoms. The van der Waals surface area contributed by atoms with Crippen molar-refractivity contribution in [2.75, 3.05) is 31.1 Å². The van der Waals surface area contributed by atoms with E-state index in [0.29, 0.717) is 48.3 Å². The first-order chi connectivity index (χ1) is 14.4. The molecular weight excluding hydrogens is 387 g/mol. The van der Waals surface area contributed by atoms with E-state index in [4.69, 9.17) is 0 Å². The number of carbonyl (C=O) groups excluding carboxylic acids is 2. The maximum absolute atomic E-state index is 14.4. The van der Waals surface area contributed by atoms with Gasteiger partial charge in [-0.05, 0) is 37.3 Å². The first kappa shape index (κ1) is 19.8. The molecule has 2 aromatic carbocycles. The van der Waals surface area contributed by atoms with E-state index in [0.717, 1.165) is 0 Å². The minimum atomic E-state index is -0.448. The lowest BCUT2D eigenvalue weighted by molar-refractivity contribution is -0.132. The summed E-state index contributed by atoms with van der Waals surface area (Å²) < 4.78 is 15.7. The molecule has 1 aromatic heterocycles. The molecule has 0 atom stereocenters. The predicted molar refractivity (Wildman–Crippen MR) is 111 cm³/mol. The van der Waals surface area contributed by atoms with Crippen LogP contribution in [0.3, 0.4) is 0 Å². The summed E-state index contributed by atoms with van der Waals surface area (Å²) in [5.74, 6) is -0.813. The normalized spacial score (nSPS) is 14.2. The molecule has 0 saturated carbocycles. The van der Waals surface area contributed by atoms with Gasteiger partial charge in [-0.1, -0.05) is 12.1 Å². The summed E-state index contributed by atoms with van der Waals surface area (Å²) in [4.78, 5) is 44.4. The third-order valence-electron chi connectivity index (χ3n) is 5.36. The van der Waals surface area contributed by atoms with Crippen LogP contribution in [0.1, 0.15) is 17.3 Å². The van der Waals surface area contributed by atoms with Gasteiger partial charge in [0, 0.05) is 31.7 Å². The number of fused-ring (bicyclic) bond motifs is 1. The number of anilines is 1. The van der Waals surface area contributed by atoms with Gasteiger partial charge in [0.25, 0.3) is 5.56 Å². The van der Waals surface area contributed by atoms with Gasteiger partial charge in [-0.15, -0.1) is 0 Å². The Bertz CT molecular complexity index is 1180. The quantitative estimate of drug-likeness (QED) is 0.618. The standard InChI is InChI=1S/C22H21FN4O3/c1-15(28)16-6-7-20(18(23)12-16)25-8-10-26(11-9-25)21(29)13-27-14-24-19-5-3-2-4-17(19)22(27)30/h2-7,12,14H,8-11,13H2,1H3. The second-order valence-corrected chi connectivity index (χ2v) is 7.28. The van der Waals surface area contributed by atoms with E-state index in [1.807, 2.05) is 4.90 Å².